The summed E-state index contributed by atoms with van der Waals surface area (Å²) >= 11 is 0. The lowest BCUT2D eigenvalue weighted by atomic mass is 9.84. The topological polar surface area (TPSA) is 21.7 Å². The second kappa shape index (κ2) is 3.95. The van der Waals surface area contributed by atoms with Gasteiger partial charge in [0.15, 0.2) is 0 Å². The molecule has 76 valence electrons. The average Bonchev–Trinajstić information content (AvgIpc) is 2.13. The van der Waals surface area contributed by atoms with Crippen LogP contribution in [0, 0.1) is 0 Å². The molecule has 3 nitrogen and oxygen atoms in total. The van der Waals surface area contributed by atoms with Crippen LogP contribution in [0.3, 0.4) is 0 Å². The second-order valence-electron chi connectivity index (χ2n) is 4.12. The molecule has 2 fully saturated rings. The monoisotopic (exact) mass is 185 g/mol. The summed E-state index contributed by atoms with van der Waals surface area (Å²) in [4.78, 5) is 2.47. The highest BCUT2D eigenvalue weighted by molar-refractivity contribution is 4.92. The van der Waals surface area contributed by atoms with E-state index in [1.165, 1.54) is 32.4 Å². The molecule has 0 atom stereocenters. The zero-order valence-corrected chi connectivity index (χ0v) is 8.42. The molecule has 0 aliphatic carbocycles. The van der Waals surface area contributed by atoms with Crippen LogP contribution < -0.4 is 0 Å². The van der Waals surface area contributed by atoms with E-state index in [2.05, 4.69) is 4.90 Å². The van der Waals surface area contributed by atoms with Crippen LogP contribution in [0.15, 0.2) is 0 Å². The third-order valence-electron chi connectivity index (χ3n) is 3.34. The molecular weight excluding hydrogens is 166 g/mol. The van der Waals surface area contributed by atoms with Crippen LogP contribution in [0.25, 0.3) is 0 Å². The van der Waals surface area contributed by atoms with Crippen LogP contribution in [0.4, 0.5) is 0 Å². The van der Waals surface area contributed by atoms with Gasteiger partial charge in [-0.1, -0.05) is 0 Å². The summed E-state index contributed by atoms with van der Waals surface area (Å²) in [6.45, 7) is 5.28. The zero-order valence-electron chi connectivity index (χ0n) is 8.42. The van der Waals surface area contributed by atoms with E-state index in [4.69, 9.17) is 9.47 Å². The van der Waals surface area contributed by atoms with Crippen molar-refractivity contribution in [2.45, 2.75) is 24.9 Å². The highest BCUT2D eigenvalue weighted by atomic mass is 16.5. The number of methoxy groups -OCH3 is 1. The molecule has 2 aliphatic rings. The van der Waals surface area contributed by atoms with Gasteiger partial charge in [0.05, 0.1) is 18.8 Å². The van der Waals surface area contributed by atoms with Gasteiger partial charge in [-0.05, 0) is 19.3 Å². The fourth-order valence-electron chi connectivity index (χ4n) is 2.19. The summed E-state index contributed by atoms with van der Waals surface area (Å²) in [5.74, 6) is 0. The number of hydrogen-bond donors (Lipinski definition) is 0. The molecule has 0 aromatic heterocycles. The predicted octanol–water partition coefficient (Wildman–Crippen LogP) is 0.888. The van der Waals surface area contributed by atoms with Crippen LogP contribution >= 0.6 is 0 Å². The SMILES string of the molecule is COCCN1CCC2(CCO2)CC1. The Bertz CT molecular complexity index is 158. The number of ether oxygens (including phenoxy) is 2. The van der Waals surface area contributed by atoms with Gasteiger partial charge in [0, 0.05) is 26.7 Å². The Morgan fingerprint density at radius 1 is 1.31 bits per heavy atom. The van der Waals surface area contributed by atoms with Gasteiger partial charge in [0.2, 0.25) is 0 Å². The first-order valence-corrected chi connectivity index (χ1v) is 5.20. The smallest absolute Gasteiger partial charge is 0.0728 e. The summed E-state index contributed by atoms with van der Waals surface area (Å²) in [6, 6.07) is 0. The first-order chi connectivity index (χ1) is 6.35. The largest absolute Gasteiger partial charge is 0.383 e. The lowest BCUT2D eigenvalue weighted by Gasteiger charge is -2.47. The van der Waals surface area contributed by atoms with Crippen LogP contribution in [0.5, 0.6) is 0 Å². The third kappa shape index (κ3) is 2.03. The van der Waals surface area contributed by atoms with E-state index in [0.29, 0.717) is 5.60 Å². The molecule has 0 aromatic carbocycles. The minimum absolute atomic E-state index is 0.295. The zero-order chi connectivity index (χ0) is 9.15. The molecule has 2 rings (SSSR count). The normalized spacial score (nSPS) is 27.5. The van der Waals surface area contributed by atoms with Crippen LogP contribution in [0.2, 0.25) is 0 Å². The number of piperidine rings is 1. The van der Waals surface area contributed by atoms with Crippen molar-refractivity contribution in [2.24, 2.45) is 0 Å². The molecule has 0 radical (unpaired) electrons. The van der Waals surface area contributed by atoms with Crippen molar-refractivity contribution in [3.8, 4) is 0 Å². The third-order valence-corrected chi connectivity index (χ3v) is 3.34. The second-order valence-corrected chi connectivity index (χ2v) is 4.12. The van der Waals surface area contributed by atoms with Gasteiger partial charge in [-0.2, -0.15) is 0 Å². The van der Waals surface area contributed by atoms with E-state index >= 15 is 0 Å². The average molecular weight is 185 g/mol. The van der Waals surface area contributed by atoms with Crippen molar-refractivity contribution >= 4 is 0 Å². The Hall–Kier alpha value is -0.120. The van der Waals surface area contributed by atoms with Crippen molar-refractivity contribution in [1.29, 1.82) is 0 Å². The minimum Gasteiger partial charge on any atom is -0.383 e. The standard InChI is InChI=1S/C10H19NO2/c1-12-9-7-11-5-2-10(3-6-11)4-8-13-10/h2-9H2,1H3. The molecule has 1 spiro atoms. The highest BCUT2D eigenvalue weighted by Crippen LogP contribution is 2.36. The summed E-state index contributed by atoms with van der Waals surface area (Å²) in [5, 5.41) is 0. The Morgan fingerprint density at radius 3 is 2.46 bits per heavy atom. The number of nitrogens with zero attached hydrogens (tertiary/aromatic N) is 1. The van der Waals surface area contributed by atoms with Gasteiger partial charge < -0.3 is 14.4 Å². The fraction of sp³-hybridized carbons (Fsp3) is 1.00. The fourth-order valence-corrected chi connectivity index (χ4v) is 2.19. The van der Waals surface area contributed by atoms with Gasteiger partial charge in [-0.15, -0.1) is 0 Å². The molecule has 0 saturated carbocycles. The maximum atomic E-state index is 5.65. The molecule has 3 heteroatoms. The molecular formula is C10H19NO2. The lowest BCUT2D eigenvalue weighted by Crippen LogP contribution is -2.52. The number of hydrogen-bond acceptors (Lipinski definition) is 3. The quantitative estimate of drug-likeness (QED) is 0.651. The first kappa shape index (κ1) is 9.44. The maximum Gasteiger partial charge on any atom is 0.0728 e. The van der Waals surface area contributed by atoms with Gasteiger partial charge in [0.1, 0.15) is 0 Å². The first-order valence-electron chi connectivity index (χ1n) is 5.20. The molecule has 0 aromatic rings. The van der Waals surface area contributed by atoms with Crippen LogP contribution in [0.1, 0.15) is 19.3 Å². The molecule has 0 amide bonds. The summed E-state index contributed by atoms with van der Waals surface area (Å²) in [5.41, 5.74) is 0.295. The Kier molecular flexibility index (Phi) is 2.86. The van der Waals surface area contributed by atoms with E-state index in [0.717, 1.165) is 19.8 Å². The van der Waals surface area contributed by atoms with Crippen molar-refractivity contribution in [3.63, 3.8) is 0 Å². The predicted molar refractivity (Wildman–Crippen MR) is 50.9 cm³/mol. The van der Waals surface area contributed by atoms with Crippen molar-refractivity contribution in [2.75, 3.05) is 40.0 Å². The van der Waals surface area contributed by atoms with Crippen molar-refractivity contribution in [3.05, 3.63) is 0 Å². The van der Waals surface area contributed by atoms with E-state index in [1.807, 2.05) is 0 Å². The van der Waals surface area contributed by atoms with E-state index in [9.17, 15) is 0 Å². The molecule has 0 N–H and O–H groups in total. The number of likely N-dealkylation sites (tertiary alicyclic amines) is 1. The molecule has 13 heavy (non-hydrogen) atoms. The van der Waals surface area contributed by atoms with E-state index in [-0.39, 0.29) is 0 Å². The van der Waals surface area contributed by atoms with Gasteiger partial charge in [-0.25, -0.2) is 0 Å². The Labute approximate surface area is 80.0 Å². The summed E-state index contributed by atoms with van der Waals surface area (Å²) in [6.07, 6.45) is 3.72. The molecule has 2 heterocycles. The van der Waals surface area contributed by atoms with Crippen molar-refractivity contribution in [1.82, 2.24) is 4.90 Å². The molecule has 2 saturated heterocycles. The highest BCUT2D eigenvalue weighted by Gasteiger charge is 2.40. The lowest BCUT2D eigenvalue weighted by molar-refractivity contribution is -0.173. The van der Waals surface area contributed by atoms with Gasteiger partial charge >= 0.3 is 0 Å². The van der Waals surface area contributed by atoms with Crippen LogP contribution in [-0.4, -0.2) is 50.5 Å². The van der Waals surface area contributed by atoms with Gasteiger partial charge in [0.25, 0.3) is 0 Å². The van der Waals surface area contributed by atoms with Crippen LogP contribution in [-0.2, 0) is 9.47 Å². The summed E-state index contributed by atoms with van der Waals surface area (Å²) < 4.78 is 10.7. The number of rotatable bonds is 3. The van der Waals surface area contributed by atoms with Crippen molar-refractivity contribution < 1.29 is 9.47 Å². The Morgan fingerprint density at radius 2 is 2.00 bits per heavy atom. The molecule has 0 unspecified atom stereocenters. The van der Waals surface area contributed by atoms with E-state index < -0.39 is 0 Å². The van der Waals surface area contributed by atoms with E-state index in [1.54, 1.807) is 7.11 Å². The summed E-state index contributed by atoms with van der Waals surface area (Å²) in [7, 11) is 1.76. The molecule has 2 aliphatic heterocycles. The Balaban J connectivity index is 1.70. The minimum atomic E-state index is 0.295. The van der Waals surface area contributed by atoms with Gasteiger partial charge in [-0.3, -0.25) is 0 Å². The maximum absolute atomic E-state index is 5.65. The molecule has 0 bridgehead atoms.